The Morgan fingerprint density at radius 2 is 2.00 bits per heavy atom. The minimum Gasteiger partial charge on any atom is -0.499 e. The lowest BCUT2D eigenvalue weighted by molar-refractivity contribution is 0.346. The van der Waals surface area contributed by atoms with Crippen LogP contribution in [0.2, 0.25) is 0 Å². The molecule has 0 N–H and O–H groups in total. The second-order valence-corrected chi connectivity index (χ2v) is 5.45. The maximum atomic E-state index is 5.52. The Balaban J connectivity index is 2.13. The van der Waals surface area contributed by atoms with Crippen molar-refractivity contribution in [3.8, 4) is 5.69 Å². The highest BCUT2D eigenvalue weighted by atomic mass is 16.5. The largest absolute Gasteiger partial charge is 0.499 e. The number of methoxy groups -OCH3 is 1. The number of fused-ring (bicyclic) bond motifs is 2. The first-order valence-electron chi connectivity index (χ1n) is 7.32. The number of rotatable bonds is 2. The van der Waals surface area contributed by atoms with Crippen LogP contribution in [0.15, 0.2) is 36.5 Å². The topological polar surface area (TPSA) is 52.8 Å². The van der Waals surface area contributed by atoms with Crippen molar-refractivity contribution >= 4 is 22.4 Å². The summed E-state index contributed by atoms with van der Waals surface area (Å²) in [7, 11) is 1.71. The van der Waals surface area contributed by atoms with E-state index in [2.05, 4.69) is 22.2 Å². The third kappa shape index (κ3) is 1.82. The van der Waals surface area contributed by atoms with Crippen molar-refractivity contribution in [2.45, 2.75) is 19.8 Å². The number of nitrogens with zero attached hydrogens (tertiary/aromatic N) is 4. The number of benzene rings is 1. The summed E-state index contributed by atoms with van der Waals surface area (Å²) in [6.07, 6.45) is 3.67. The fourth-order valence-corrected chi connectivity index (χ4v) is 3.05. The molecular formula is C17H16N4O. The predicted molar refractivity (Wildman–Crippen MR) is 84.6 cm³/mol. The molecule has 5 nitrogen and oxygen atoms in total. The average Bonchev–Trinajstić information content (AvgIpc) is 2.99. The van der Waals surface area contributed by atoms with Crippen LogP contribution in [0.1, 0.15) is 19.8 Å². The van der Waals surface area contributed by atoms with E-state index in [-0.39, 0.29) is 0 Å². The Morgan fingerprint density at radius 1 is 1.14 bits per heavy atom. The summed E-state index contributed by atoms with van der Waals surface area (Å²) >= 11 is 0. The van der Waals surface area contributed by atoms with Crippen LogP contribution in [0.5, 0.6) is 0 Å². The number of aromatic nitrogens is 4. The zero-order valence-electron chi connectivity index (χ0n) is 12.6. The van der Waals surface area contributed by atoms with E-state index in [0.29, 0.717) is 0 Å². The summed E-state index contributed by atoms with van der Waals surface area (Å²) in [5.74, 6) is 0.937. The van der Waals surface area contributed by atoms with Crippen molar-refractivity contribution in [2.75, 3.05) is 7.11 Å². The summed E-state index contributed by atoms with van der Waals surface area (Å²) in [6.45, 7) is 2.15. The zero-order valence-corrected chi connectivity index (χ0v) is 12.6. The van der Waals surface area contributed by atoms with E-state index in [4.69, 9.17) is 4.74 Å². The van der Waals surface area contributed by atoms with Crippen LogP contribution < -0.4 is 10.6 Å². The van der Waals surface area contributed by atoms with Crippen LogP contribution in [-0.2, 0) is 4.74 Å². The fourth-order valence-electron chi connectivity index (χ4n) is 3.05. The molecular weight excluding hydrogens is 276 g/mol. The van der Waals surface area contributed by atoms with Gasteiger partial charge in [0.15, 0.2) is 0 Å². The molecule has 0 unspecified atom stereocenters. The molecule has 22 heavy (non-hydrogen) atoms. The molecule has 4 rings (SSSR count). The molecule has 2 aromatic heterocycles. The third-order valence-electron chi connectivity index (χ3n) is 4.17. The minimum absolute atomic E-state index is 0.887. The second-order valence-electron chi connectivity index (χ2n) is 5.45. The number of ether oxygens (including phenoxy) is 1. The smallest absolute Gasteiger partial charge is 0.122 e. The molecule has 3 aromatic rings. The molecule has 0 radical (unpaired) electrons. The molecule has 0 saturated heterocycles. The SMILES string of the molecule is COC1=c2nccc(-n3nnc4ccccc43)c2=C(C)CC1. The fraction of sp³-hybridized carbons (Fsp3) is 0.235. The van der Waals surface area contributed by atoms with E-state index in [9.17, 15) is 0 Å². The van der Waals surface area contributed by atoms with Gasteiger partial charge < -0.3 is 4.74 Å². The van der Waals surface area contributed by atoms with E-state index < -0.39 is 0 Å². The van der Waals surface area contributed by atoms with Gasteiger partial charge in [0.05, 0.1) is 18.3 Å². The molecule has 0 amide bonds. The zero-order chi connectivity index (χ0) is 15.1. The van der Waals surface area contributed by atoms with Crippen LogP contribution >= 0.6 is 0 Å². The number of para-hydroxylation sites is 1. The van der Waals surface area contributed by atoms with Gasteiger partial charge in [0.1, 0.15) is 16.6 Å². The highest BCUT2D eigenvalue weighted by molar-refractivity contribution is 5.76. The maximum absolute atomic E-state index is 5.52. The predicted octanol–water partition coefficient (Wildman–Crippen LogP) is 1.53. The van der Waals surface area contributed by atoms with Crippen LogP contribution in [0, 0.1) is 0 Å². The van der Waals surface area contributed by atoms with Crippen LogP contribution in [0.4, 0.5) is 0 Å². The Morgan fingerprint density at radius 3 is 2.86 bits per heavy atom. The Hall–Kier alpha value is -2.69. The lowest BCUT2D eigenvalue weighted by atomic mass is 10.0. The number of hydrogen-bond donors (Lipinski definition) is 0. The van der Waals surface area contributed by atoms with Crippen LogP contribution in [0.3, 0.4) is 0 Å². The van der Waals surface area contributed by atoms with Gasteiger partial charge in [0.25, 0.3) is 0 Å². The lowest BCUT2D eigenvalue weighted by Gasteiger charge is -2.15. The standard InChI is InChI=1S/C17H16N4O/c1-11-7-8-15(22-2)17-16(11)14(9-10-18-17)21-13-6-4-3-5-12(13)19-20-21/h3-6,9-10H,7-8H2,1-2H3. The van der Waals surface area contributed by atoms with Gasteiger partial charge in [0, 0.05) is 17.8 Å². The van der Waals surface area contributed by atoms with E-state index in [0.717, 1.165) is 45.9 Å². The molecule has 0 fully saturated rings. The summed E-state index contributed by atoms with van der Waals surface area (Å²) in [5, 5.41) is 10.6. The van der Waals surface area contributed by atoms with Gasteiger partial charge in [-0.25, -0.2) is 4.68 Å². The van der Waals surface area contributed by atoms with Crippen molar-refractivity contribution < 1.29 is 4.74 Å². The number of hydrogen-bond acceptors (Lipinski definition) is 4. The van der Waals surface area contributed by atoms with Gasteiger partial charge in [-0.2, -0.15) is 0 Å². The van der Waals surface area contributed by atoms with Gasteiger partial charge in [-0.1, -0.05) is 22.9 Å². The Labute approximate surface area is 127 Å². The molecule has 1 aromatic carbocycles. The molecule has 5 heteroatoms. The quantitative estimate of drug-likeness (QED) is 0.719. The van der Waals surface area contributed by atoms with Crippen molar-refractivity contribution in [1.29, 1.82) is 0 Å². The van der Waals surface area contributed by atoms with Crippen molar-refractivity contribution in [1.82, 2.24) is 20.0 Å². The van der Waals surface area contributed by atoms with E-state index in [1.54, 1.807) is 7.11 Å². The summed E-state index contributed by atoms with van der Waals surface area (Å²) in [5.41, 5.74) is 4.19. The van der Waals surface area contributed by atoms with E-state index in [1.807, 2.05) is 41.2 Å². The molecule has 0 aliphatic heterocycles. The molecule has 110 valence electrons. The van der Waals surface area contributed by atoms with Gasteiger partial charge in [-0.15, -0.1) is 5.10 Å². The van der Waals surface area contributed by atoms with Crippen molar-refractivity contribution in [2.24, 2.45) is 0 Å². The van der Waals surface area contributed by atoms with E-state index in [1.165, 1.54) is 5.57 Å². The lowest BCUT2D eigenvalue weighted by Crippen LogP contribution is -2.38. The Kier molecular flexibility index (Phi) is 2.92. The monoisotopic (exact) mass is 292 g/mol. The Bertz CT molecular complexity index is 987. The molecule has 0 spiro atoms. The van der Waals surface area contributed by atoms with Gasteiger partial charge in [0.2, 0.25) is 0 Å². The molecule has 0 bridgehead atoms. The highest BCUT2D eigenvalue weighted by Crippen LogP contribution is 2.17. The summed E-state index contributed by atoms with van der Waals surface area (Å²) in [6, 6.07) is 9.95. The second kappa shape index (κ2) is 4.94. The van der Waals surface area contributed by atoms with E-state index >= 15 is 0 Å². The number of pyridine rings is 1. The summed E-state index contributed by atoms with van der Waals surface area (Å²) < 4.78 is 7.41. The first kappa shape index (κ1) is 13.0. The molecule has 0 saturated carbocycles. The summed E-state index contributed by atoms with van der Waals surface area (Å²) in [4.78, 5) is 4.53. The van der Waals surface area contributed by atoms with Crippen molar-refractivity contribution in [3.05, 3.63) is 47.1 Å². The van der Waals surface area contributed by atoms with Gasteiger partial charge >= 0.3 is 0 Å². The average molecular weight is 292 g/mol. The molecule has 1 aliphatic carbocycles. The molecule has 0 atom stereocenters. The maximum Gasteiger partial charge on any atom is 0.122 e. The van der Waals surface area contributed by atoms with Crippen LogP contribution in [0.25, 0.3) is 28.1 Å². The molecule has 2 heterocycles. The normalized spacial score (nSPS) is 14.3. The van der Waals surface area contributed by atoms with Crippen molar-refractivity contribution in [3.63, 3.8) is 0 Å². The first-order valence-corrected chi connectivity index (χ1v) is 7.32. The van der Waals surface area contributed by atoms with Crippen LogP contribution in [-0.4, -0.2) is 27.1 Å². The third-order valence-corrected chi connectivity index (χ3v) is 4.17. The van der Waals surface area contributed by atoms with Gasteiger partial charge in [-0.3, -0.25) is 4.98 Å². The minimum atomic E-state index is 0.887. The first-order chi connectivity index (χ1) is 10.8. The highest BCUT2D eigenvalue weighted by Gasteiger charge is 2.15. The van der Waals surface area contributed by atoms with Gasteiger partial charge in [-0.05, 0) is 31.5 Å². The molecule has 1 aliphatic rings.